The number of amides is 2. The topological polar surface area (TPSA) is 122 Å². The Labute approximate surface area is 150 Å². The molecule has 26 heavy (non-hydrogen) atoms. The molecule has 0 aliphatic carbocycles. The van der Waals surface area contributed by atoms with E-state index in [1.807, 2.05) is 0 Å². The number of hydrogen-bond acceptors (Lipinski definition) is 6. The number of hydrogen-bond donors (Lipinski definition) is 2. The molecule has 0 saturated heterocycles. The lowest BCUT2D eigenvalue weighted by atomic mass is 10.2. The predicted octanol–water partition coefficient (Wildman–Crippen LogP) is 0.807. The van der Waals surface area contributed by atoms with Crippen molar-refractivity contribution in [2.24, 2.45) is 0 Å². The summed E-state index contributed by atoms with van der Waals surface area (Å²) in [5, 5.41) is 6.09. The smallest absolute Gasteiger partial charge is 0.243 e. The summed E-state index contributed by atoms with van der Waals surface area (Å²) in [5.74, 6) is 0.0555. The third-order valence-corrected chi connectivity index (χ3v) is 5.58. The molecule has 10 heteroatoms. The Morgan fingerprint density at radius 1 is 1.35 bits per heavy atom. The zero-order valence-corrected chi connectivity index (χ0v) is 15.3. The van der Waals surface area contributed by atoms with Gasteiger partial charge in [0.15, 0.2) is 5.82 Å². The number of carbonyl (C=O) groups excluding carboxylic acids is 2. The summed E-state index contributed by atoms with van der Waals surface area (Å²) in [7, 11) is -2.30. The highest BCUT2D eigenvalue weighted by molar-refractivity contribution is 7.89. The number of fused-ring (bicyclic) bond motifs is 1. The SMILES string of the molecule is Cc1cc(NC(=O)[C@@H](C)NS(=O)(=O)c2ccc3c(c2)CC(=O)N3C)no1. The molecule has 0 spiro atoms. The van der Waals surface area contributed by atoms with Crippen LogP contribution >= 0.6 is 0 Å². The second kappa shape index (κ2) is 6.54. The first kappa shape index (κ1) is 18.1. The molecule has 2 heterocycles. The van der Waals surface area contributed by atoms with Gasteiger partial charge in [-0.05, 0) is 37.6 Å². The zero-order valence-electron chi connectivity index (χ0n) is 14.4. The highest BCUT2D eigenvalue weighted by atomic mass is 32.2. The van der Waals surface area contributed by atoms with Crippen LogP contribution in [0.3, 0.4) is 0 Å². The summed E-state index contributed by atoms with van der Waals surface area (Å²) >= 11 is 0. The molecule has 1 aromatic heterocycles. The minimum atomic E-state index is -3.93. The fourth-order valence-corrected chi connectivity index (χ4v) is 3.88. The number of benzene rings is 1. The summed E-state index contributed by atoms with van der Waals surface area (Å²) in [6, 6.07) is 4.92. The molecule has 2 amide bonds. The van der Waals surface area contributed by atoms with Crippen molar-refractivity contribution in [2.45, 2.75) is 31.2 Å². The van der Waals surface area contributed by atoms with E-state index < -0.39 is 22.0 Å². The summed E-state index contributed by atoms with van der Waals surface area (Å²) in [6.45, 7) is 3.09. The molecule has 1 aromatic carbocycles. The van der Waals surface area contributed by atoms with Crippen LogP contribution in [0.2, 0.25) is 0 Å². The zero-order chi connectivity index (χ0) is 19.1. The Hall–Kier alpha value is -2.72. The van der Waals surface area contributed by atoms with Crippen LogP contribution in [0.4, 0.5) is 11.5 Å². The number of aryl methyl sites for hydroxylation is 1. The van der Waals surface area contributed by atoms with Gasteiger partial charge in [0, 0.05) is 18.8 Å². The van der Waals surface area contributed by atoms with Gasteiger partial charge < -0.3 is 14.7 Å². The molecular weight excluding hydrogens is 360 g/mol. The first-order chi connectivity index (χ1) is 12.2. The van der Waals surface area contributed by atoms with Crippen LogP contribution in [-0.2, 0) is 26.0 Å². The van der Waals surface area contributed by atoms with Gasteiger partial charge in [0.2, 0.25) is 21.8 Å². The minimum absolute atomic E-state index is 0.00344. The van der Waals surface area contributed by atoms with E-state index in [1.54, 1.807) is 20.0 Å². The largest absolute Gasteiger partial charge is 0.360 e. The van der Waals surface area contributed by atoms with E-state index in [1.165, 1.54) is 30.0 Å². The molecule has 0 radical (unpaired) electrons. The number of sulfonamides is 1. The van der Waals surface area contributed by atoms with Crippen LogP contribution in [0.25, 0.3) is 0 Å². The summed E-state index contributed by atoms with van der Waals surface area (Å²) in [5.41, 5.74) is 1.32. The van der Waals surface area contributed by atoms with Crippen LogP contribution in [-0.4, -0.2) is 38.5 Å². The fourth-order valence-electron chi connectivity index (χ4n) is 2.63. The molecule has 138 valence electrons. The maximum atomic E-state index is 12.5. The molecule has 0 saturated carbocycles. The molecule has 1 aliphatic heterocycles. The van der Waals surface area contributed by atoms with Gasteiger partial charge in [0.05, 0.1) is 17.4 Å². The normalized spacial score (nSPS) is 15.0. The second-order valence-electron chi connectivity index (χ2n) is 6.08. The molecule has 2 aromatic rings. The van der Waals surface area contributed by atoms with Crippen molar-refractivity contribution in [1.82, 2.24) is 9.88 Å². The number of rotatable bonds is 5. The summed E-state index contributed by atoms with van der Waals surface area (Å²) in [4.78, 5) is 25.3. The Morgan fingerprint density at radius 3 is 2.73 bits per heavy atom. The quantitative estimate of drug-likeness (QED) is 0.794. The van der Waals surface area contributed by atoms with E-state index >= 15 is 0 Å². The van der Waals surface area contributed by atoms with Gasteiger partial charge in [-0.1, -0.05) is 5.16 Å². The summed E-state index contributed by atoms with van der Waals surface area (Å²) < 4.78 is 32.2. The van der Waals surface area contributed by atoms with Gasteiger partial charge >= 0.3 is 0 Å². The number of carbonyl (C=O) groups is 2. The van der Waals surface area contributed by atoms with Gasteiger partial charge in [0.25, 0.3) is 0 Å². The standard InChI is InChI=1S/C16H18N4O5S/c1-9-6-14(18-25-9)17-16(22)10(2)19-26(23,24)12-4-5-13-11(7-12)8-15(21)20(13)3/h4-7,10,19H,8H2,1-3H3,(H,17,18,22)/t10-/m1/s1. The number of nitrogens with one attached hydrogen (secondary N) is 2. The Balaban J connectivity index is 1.73. The number of nitrogens with zero attached hydrogens (tertiary/aromatic N) is 2. The predicted molar refractivity (Wildman–Crippen MR) is 93.2 cm³/mol. The molecule has 1 atom stereocenters. The Morgan fingerprint density at radius 2 is 2.08 bits per heavy atom. The fraction of sp³-hybridized carbons (Fsp3) is 0.312. The molecule has 0 unspecified atom stereocenters. The number of likely N-dealkylation sites (N-methyl/N-ethyl adjacent to an activating group) is 1. The van der Waals surface area contributed by atoms with E-state index in [2.05, 4.69) is 15.2 Å². The van der Waals surface area contributed by atoms with Gasteiger partial charge in [-0.15, -0.1) is 0 Å². The lowest BCUT2D eigenvalue weighted by Crippen LogP contribution is -2.41. The van der Waals surface area contributed by atoms with Crippen molar-refractivity contribution in [1.29, 1.82) is 0 Å². The summed E-state index contributed by atoms with van der Waals surface area (Å²) in [6.07, 6.45) is 0.150. The maximum Gasteiger partial charge on any atom is 0.243 e. The number of aromatic nitrogens is 1. The molecule has 1 aliphatic rings. The van der Waals surface area contributed by atoms with Crippen molar-refractivity contribution in [3.63, 3.8) is 0 Å². The maximum absolute atomic E-state index is 12.5. The van der Waals surface area contributed by atoms with Gasteiger partial charge in [-0.25, -0.2) is 8.42 Å². The van der Waals surface area contributed by atoms with Gasteiger partial charge in [0.1, 0.15) is 5.76 Å². The highest BCUT2D eigenvalue weighted by Crippen LogP contribution is 2.29. The first-order valence-electron chi connectivity index (χ1n) is 7.83. The highest BCUT2D eigenvalue weighted by Gasteiger charge is 2.28. The van der Waals surface area contributed by atoms with Crippen molar-refractivity contribution >= 4 is 33.3 Å². The van der Waals surface area contributed by atoms with Crippen LogP contribution < -0.4 is 14.9 Å². The first-order valence-corrected chi connectivity index (χ1v) is 9.31. The molecule has 0 fully saturated rings. The average molecular weight is 378 g/mol. The van der Waals surface area contributed by atoms with Crippen molar-refractivity contribution in [3.8, 4) is 0 Å². The second-order valence-corrected chi connectivity index (χ2v) is 7.79. The van der Waals surface area contributed by atoms with Crippen LogP contribution in [0.1, 0.15) is 18.2 Å². The lowest BCUT2D eigenvalue weighted by molar-refractivity contribution is -0.118. The van der Waals surface area contributed by atoms with Crippen LogP contribution in [0.5, 0.6) is 0 Å². The molecule has 3 rings (SSSR count). The van der Waals surface area contributed by atoms with E-state index in [-0.39, 0.29) is 23.0 Å². The minimum Gasteiger partial charge on any atom is -0.360 e. The van der Waals surface area contributed by atoms with Crippen molar-refractivity contribution in [3.05, 3.63) is 35.6 Å². The third kappa shape index (κ3) is 3.46. The van der Waals surface area contributed by atoms with E-state index in [0.29, 0.717) is 17.0 Å². The van der Waals surface area contributed by atoms with Gasteiger partial charge in [-0.2, -0.15) is 4.72 Å². The average Bonchev–Trinajstić information content (AvgIpc) is 3.10. The Bertz CT molecular complexity index is 982. The monoisotopic (exact) mass is 378 g/mol. The molecule has 0 bridgehead atoms. The Kier molecular flexibility index (Phi) is 4.55. The van der Waals surface area contributed by atoms with E-state index in [9.17, 15) is 18.0 Å². The number of anilines is 2. The van der Waals surface area contributed by atoms with E-state index in [4.69, 9.17) is 4.52 Å². The molecular formula is C16H18N4O5S. The van der Waals surface area contributed by atoms with E-state index in [0.717, 1.165) is 0 Å². The lowest BCUT2D eigenvalue weighted by Gasteiger charge is -2.14. The third-order valence-electron chi connectivity index (χ3n) is 4.04. The van der Waals surface area contributed by atoms with Crippen LogP contribution in [0.15, 0.2) is 33.7 Å². The van der Waals surface area contributed by atoms with Crippen LogP contribution in [0, 0.1) is 6.92 Å². The van der Waals surface area contributed by atoms with Crippen molar-refractivity contribution < 1.29 is 22.5 Å². The molecule has 2 N–H and O–H groups in total. The molecule has 9 nitrogen and oxygen atoms in total. The van der Waals surface area contributed by atoms with Crippen molar-refractivity contribution in [2.75, 3.05) is 17.3 Å². The van der Waals surface area contributed by atoms with Gasteiger partial charge in [-0.3, -0.25) is 9.59 Å².